The SMILES string of the molecule is CNC(=O)C(F)(F)[C@H](O)C(Cc1ccccc1)NC(=O)[C@@H]1CCCN1C(=O)OC(C)(C)C. The van der Waals surface area contributed by atoms with Gasteiger partial charge in [-0.2, -0.15) is 8.78 Å². The van der Waals surface area contributed by atoms with Crippen LogP contribution in [0.3, 0.4) is 0 Å². The Labute approximate surface area is 186 Å². The van der Waals surface area contributed by atoms with Gasteiger partial charge in [-0.15, -0.1) is 0 Å². The Balaban J connectivity index is 2.23. The first-order valence-corrected chi connectivity index (χ1v) is 10.5. The first-order valence-electron chi connectivity index (χ1n) is 10.5. The molecule has 1 heterocycles. The highest BCUT2D eigenvalue weighted by Crippen LogP contribution is 2.25. The maximum Gasteiger partial charge on any atom is 0.410 e. The van der Waals surface area contributed by atoms with Crippen molar-refractivity contribution in [3.63, 3.8) is 0 Å². The van der Waals surface area contributed by atoms with E-state index < -0.39 is 47.6 Å². The number of nitrogens with zero attached hydrogens (tertiary/aromatic N) is 1. The standard InChI is InChI=1S/C22H31F2N3O5/c1-21(2,3)32-20(31)27-12-8-11-16(27)18(29)26-15(13-14-9-6-5-7-10-14)17(28)22(23,24)19(30)25-4/h5-7,9-10,15-17,28H,8,11-13H2,1-4H3,(H,25,30)(H,26,29)/t15?,16-,17+/m0/s1. The normalized spacial score (nSPS) is 18.6. The van der Waals surface area contributed by atoms with E-state index in [9.17, 15) is 28.3 Å². The summed E-state index contributed by atoms with van der Waals surface area (Å²) in [6.45, 7) is 5.38. The third kappa shape index (κ3) is 6.38. The van der Waals surface area contributed by atoms with Gasteiger partial charge in [0.25, 0.3) is 5.91 Å². The van der Waals surface area contributed by atoms with Crippen molar-refractivity contribution < 1.29 is 33.0 Å². The van der Waals surface area contributed by atoms with Gasteiger partial charge in [-0.1, -0.05) is 30.3 Å². The Kier molecular flexibility index (Phi) is 8.17. The van der Waals surface area contributed by atoms with E-state index in [2.05, 4.69) is 5.32 Å². The lowest BCUT2D eigenvalue weighted by Crippen LogP contribution is -2.60. The number of benzene rings is 1. The van der Waals surface area contributed by atoms with Crippen LogP contribution in [0.4, 0.5) is 13.6 Å². The third-order valence-electron chi connectivity index (χ3n) is 5.09. The zero-order valence-electron chi connectivity index (χ0n) is 18.7. The minimum Gasteiger partial charge on any atom is -0.444 e. The summed E-state index contributed by atoms with van der Waals surface area (Å²) in [6.07, 6.45) is -2.43. The predicted molar refractivity (Wildman–Crippen MR) is 113 cm³/mol. The molecule has 1 aliphatic heterocycles. The van der Waals surface area contributed by atoms with E-state index in [1.807, 2.05) is 5.32 Å². The number of alkyl halides is 2. The molecule has 8 nitrogen and oxygen atoms in total. The van der Waals surface area contributed by atoms with Crippen LogP contribution in [0, 0.1) is 0 Å². The fraction of sp³-hybridized carbons (Fsp3) is 0.591. The average Bonchev–Trinajstić information content (AvgIpc) is 3.22. The molecule has 1 aromatic rings. The molecule has 0 aromatic heterocycles. The smallest absolute Gasteiger partial charge is 0.410 e. The number of ether oxygens (including phenoxy) is 1. The van der Waals surface area contributed by atoms with Crippen molar-refractivity contribution in [2.75, 3.05) is 13.6 Å². The van der Waals surface area contributed by atoms with Crippen molar-refractivity contribution in [1.82, 2.24) is 15.5 Å². The van der Waals surface area contributed by atoms with Crippen LogP contribution in [0.5, 0.6) is 0 Å². The van der Waals surface area contributed by atoms with Crippen molar-refractivity contribution in [3.05, 3.63) is 35.9 Å². The number of aliphatic hydroxyl groups is 1. The van der Waals surface area contributed by atoms with Gasteiger partial charge in [0.05, 0.1) is 6.04 Å². The molecular weight excluding hydrogens is 424 g/mol. The maximum absolute atomic E-state index is 14.5. The minimum absolute atomic E-state index is 0.139. The van der Waals surface area contributed by atoms with Gasteiger partial charge in [0.15, 0.2) is 0 Å². The number of amides is 3. The topological polar surface area (TPSA) is 108 Å². The number of aliphatic hydroxyl groups excluding tert-OH is 1. The number of likely N-dealkylation sites (tertiary alicyclic amines) is 1. The third-order valence-corrected chi connectivity index (χ3v) is 5.09. The van der Waals surface area contributed by atoms with E-state index in [1.54, 1.807) is 51.1 Å². The molecule has 32 heavy (non-hydrogen) atoms. The summed E-state index contributed by atoms with van der Waals surface area (Å²) in [5.41, 5.74) is -0.178. The second kappa shape index (κ2) is 10.2. The van der Waals surface area contributed by atoms with E-state index in [4.69, 9.17) is 4.74 Å². The quantitative estimate of drug-likeness (QED) is 0.582. The number of rotatable bonds is 7. The van der Waals surface area contributed by atoms with Crippen LogP contribution in [-0.4, -0.2) is 71.2 Å². The largest absolute Gasteiger partial charge is 0.444 e. The van der Waals surface area contributed by atoms with Crippen molar-refractivity contribution in [2.24, 2.45) is 0 Å². The second-order valence-corrected chi connectivity index (χ2v) is 8.78. The zero-order chi connectivity index (χ0) is 24.1. The lowest BCUT2D eigenvalue weighted by atomic mass is 9.96. The Morgan fingerprint density at radius 1 is 1.22 bits per heavy atom. The van der Waals surface area contributed by atoms with Crippen LogP contribution < -0.4 is 10.6 Å². The molecule has 178 valence electrons. The van der Waals surface area contributed by atoms with Gasteiger partial charge in [-0.05, 0) is 45.6 Å². The summed E-state index contributed by atoms with van der Waals surface area (Å²) in [7, 11) is 1.03. The number of hydrogen-bond donors (Lipinski definition) is 3. The Bertz CT molecular complexity index is 814. The first kappa shape index (κ1) is 25.5. The van der Waals surface area contributed by atoms with Crippen LogP contribution in [0.25, 0.3) is 0 Å². The molecule has 0 saturated carbocycles. The van der Waals surface area contributed by atoms with Gasteiger partial charge in [0, 0.05) is 13.6 Å². The summed E-state index contributed by atoms with van der Waals surface area (Å²) in [4.78, 5) is 38.4. The summed E-state index contributed by atoms with van der Waals surface area (Å²) in [5.74, 6) is -6.49. The molecule has 0 radical (unpaired) electrons. The van der Waals surface area contributed by atoms with Crippen LogP contribution in [0.2, 0.25) is 0 Å². The van der Waals surface area contributed by atoms with E-state index in [-0.39, 0.29) is 13.0 Å². The lowest BCUT2D eigenvalue weighted by Gasteiger charge is -2.32. The molecule has 0 spiro atoms. The number of carbonyl (C=O) groups is 3. The van der Waals surface area contributed by atoms with Gasteiger partial charge in [-0.25, -0.2) is 4.79 Å². The van der Waals surface area contributed by atoms with Gasteiger partial charge < -0.3 is 20.5 Å². The van der Waals surface area contributed by atoms with Gasteiger partial charge >= 0.3 is 12.0 Å². The Morgan fingerprint density at radius 2 is 1.84 bits per heavy atom. The fourth-order valence-corrected chi connectivity index (χ4v) is 3.52. The summed E-state index contributed by atoms with van der Waals surface area (Å²) in [5, 5.41) is 14.7. The van der Waals surface area contributed by atoms with Crippen molar-refractivity contribution in [3.8, 4) is 0 Å². The van der Waals surface area contributed by atoms with Gasteiger partial charge in [0.2, 0.25) is 5.91 Å². The second-order valence-electron chi connectivity index (χ2n) is 8.78. The molecule has 3 amide bonds. The summed E-state index contributed by atoms with van der Waals surface area (Å²) >= 11 is 0. The number of nitrogens with one attached hydrogen (secondary N) is 2. The van der Waals surface area contributed by atoms with E-state index in [0.717, 1.165) is 7.05 Å². The molecule has 1 fully saturated rings. The van der Waals surface area contributed by atoms with E-state index in [0.29, 0.717) is 18.4 Å². The Hall–Kier alpha value is -2.75. The highest BCUT2D eigenvalue weighted by Gasteiger charge is 2.50. The van der Waals surface area contributed by atoms with Crippen LogP contribution in [0.1, 0.15) is 39.2 Å². The molecular formula is C22H31F2N3O5. The molecule has 0 bridgehead atoms. The van der Waals surface area contributed by atoms with Crippen molar-refractivity contribution in [1.29, 1.82) is 0 Å². The Morgan fingerprint density at radius 3 is 2.41 bits per heavy atom. The molecule has 2 rings (SSSR count). The highest BCUT2D eigenvalue weighted by atomic mass is 19.3. The molecule has 1 saturated heterocycles. The first-order chi connectivity index (χ1) is 14.9. The predicted octanol–water partition coefficient (Wildman–Crippen LogP) is 1.86. The van der Waals surface area contributed by atoms with E-state index >= 15 is 0 Å². The van der Waals surface area contributed by atoms with Crippen LogP contribution >= 0.6 is 0 Å². The van der Waals surface area contributed by atoms with Crippen LogP contribution in [0.15, 0.2) is 30.3 Å². The number of hydrogen-bond acceptors (Lipinski definition) is 5. The summed E-state index contributed by atoms with van der Waals surface area (Å²) in [6, 6.07) is 6.04. The molecule has 3 N–H and O–H groups in total. The van der Waals surface area contributed by atoms with Gasteiger partial charge in [-0.3, -0.25) is 14.5 Å². The summed E-state index contributed by atoms with van der Waals surface area (Å²) < 4.78 is 34.3. The zero-order valence-corrected chi connectivity index (χ0v) is 18.7. The molecule has 0 aliphatic carbocycles. The maximum atomic E-state index is 14.5. The van der Waals surface area contributed by atoms with Crippen molar-refractivity contribution in [2.45, 2.75) is 69.7 Å². The fourth-order valence-electron chi connectivity index (χ4n) is 3.52. The molecule has 1 unspecified atom stereocenters. The van der Waals surface area contributed by atoms with Crippen LogP contribution in [-0.2, 0) is 20.7 Å². The van der Waals surface area contributed by atoms with Crippen molar-refractivity contribution >= 4 is 17.9 Å². The molecule has 1 aromatic carbocycles. The molecule has 3 atom stereocenters. The molecule has 1 aliphatic rings. The highest BCUT2D eigenvalue weighted by molar-refractivity contribution is 5.87. The van der Waals surface area contributed by atoms with E-state index in [1.165, 1.54) is 4.90 Å². The minimum atomic E-state index is -4.14. The van der Waals surface area contributed by atoms with Gasteiger partial charge in [0.1, 0.15) is 17.7 Å². The number of carbonyl (C=O) groups excluding carboxylic acids is 3. The number of halogens is 2. The lowest BCUT2D eigenvalue weighted by molar-refractivity contribution is -0.167. The monoisotopic (exact) mass is 455 g/mol. The average molecular weight is 456 g/mol. The molecule has 10 heteroatoms.